The van der Waals surface area contributed by atoms with E-state index in [0.717, 1.165) is 0 Å². The van der Waals surface area contributed by atoms with Crippen LogP contribution >= 0.6 is 0 Å². The van der Waals surface area contributed by atoms with E-state index < -0.39 is 58.7 Å². The summed E-state index contributed by atoms with van der Waals surface area (Å²) in [5.41, 5.74) is 1.78. The summed E-state index contributed by atoms with van der Waals surface area (Å²) in [6.45, 7) is 1.29. The molecule has 2 N–H and O–H groups in total. The molecule has 0 aromatic heterocycles. The lowest BCUT2D eigenvalue weighted by Gasteiger charge is -2.28. The number of rotatable bonds is 13. The van der Waals surface area contributed by atoms with Crippen LogP contribution in [0.1, 0.15) is 37.3 Å². The Bertz CT molecular complexity index is 1920. The second-order valence-corrected chi connectivity index (χ2v) is 12.7. The number of fused-ring (bicyclic) bond motifs is 2. The van der Waals surface area contributed by atoms with Crippen LogP contribution in [0.25, 0.3) is 10.8 Å². The van der Waals surface area contributed by atoms with Gasteiger partial charge >= 0.3 is 5.97 Å². The maximum Gasteiger partial charge on any atom is 0.304 e. The lowest BCUT2D eigenvalue weighted by Crippen LogP contribution is -2.49. The van der Waals surface area contributed by atoms with Crippen LogP contribution in [0.5, 0.6) is 0 Å². The minimum Gasteiger partial charge on any atom is -0.481 e. The SMILES string of the molecule is CCCC(C(=O)CN1C(=O)C(NS(=O)(=O)c2cccc3ccccc23)N=C(c2ccccc2)c2ccccc21)[C@H](C=O)CC(=O)O. The van der Waals surface area contributed by atoms with Crippen LogP contribution in [0, 0.1) is 11.8 Å². The molecule has 4 aromatic carbocycles. The first kappa shape index (κ1) is 32.4. The summed E-state index contributed by atoms with van der Waals surface area (Å²) in [6.07, 6.45) is -0.978. The molecule has 236 valence electrons. The number of Topliss-reactive ketones (excluding diaryl/α,β-unsaturated/α-hetero) is 1. The number of aliphatic carboxylic acids is 1. The summed E-state index contributed by atoms with van der Waals surface area (Å²) in [5.74, 6) is -4.57. The standard InChI is InChI=1S/C35H33N3O7S/c1-2-11-26(25(22-39)20-32(41)42)30(40)21-38-29-18-9-8-17-28(29)33(24-13-4-3-5-14-24)36-34(35(38)43)37-46(44,45)31-19-10-15-23-12-6-7-16-27(23)31/h3-10,12-19,22,25-26,34,37H,2,11,20-21H2,1H3,(H,41,42)/t25-,26?,34?/m0/s1. The van der Waals surface area contributed by atoms with Crippen LogP contribution in [0.2, 0.25) is 0 Å². The van der Waals surface area contributed by atoms with Gasteiger partial charge in [-0.2, -0.15) is 4.72 Å². The van der Waals surface area contributed by atoms with E-state index in [1.165, 1.54) is 11.0 Å². The molecular formula is C35H33N3O7S. The van der Waals surface area contributed by atoms with E-state index in [1.807, 2.05) is 13.0 Å². The van der Waals surface area contributed by atoms with Crippen molar-refractivity contribution in [2.45, 2.75) is 37.2 Å². The molecule has 5 rings (SSSR count). The number of anilines is 1. The maximum absolute atomic E-state index is 14.4. The summed E-state index contributed by atoms with van der Waals surface area (Å²) in [4.78, 5) is 57.4. The van der Waals surface area contributed by atoms with Crippen LogP contribution in [0.15, 0.2) is 107 Å². The molecule has 0 spiro atoms. The quantitative estimate of drug-likeness (QED) is 0.203. The molecule has 1 aliphatic heterocycles. The minimum absolute atomic E-state index is 0.0373. The summed E-state index contributed by atoms with van der Waals surface area (Å²) >= 11 is 0. The minimum atomic E-state index is -4.34. The van der Waals surface area contributed by atoms with Crippen molar-refractivity contribution in [1.82, 2.24) is 4.72 Å². The number of benzene rings is 4. The summed E-state index contributed by atoms with van der Waals surface area (Å²) in [6, 6.07) is 27.6. The number of carbonyl (C=O) groups excluding carboxylic acids is 3. The molecule has 4 aromatic rings. The van der Waals surface area contributed by atoms with Crippen molar-refractivity contribution in [1.29, 1.82) is 0 Å². The van der Waals surface area contributed by atoms with Gasteiger partial charge in [-0.3, -0.25) is 19.4 Å². The van der Waals surface area contributed by atoms with Gasteiger partial charge in [0.1, 0.15) is 6.29 Å². The predicted molar refractivity (Wildman–Crippen MR) is 174 cm³/mol. The first-order chi connectivity index (χ1) is 22.1. The number of nitrogens with zero attached hydrogens (tertiary/aromatic N) is 2. The predicted octanol–water partition coefficient (Wildman–Crippen LogP) is 4.60. The third-order valence-corrected chi connectivity index (χ3v) is 9.46. The molecule has 0 radical (unpaired) electrons. The average molecular weight is 640 g/mol. The number of hydrogen-bond donors (Lipinski definition) is 2. The highest BCUT2D eigenvalue weighted by molar-refractivity contribution is 7.89. The number of aldehydes is 1. The second-order valence-electron chi connectivity index (χ2n) is 11.0. The number of aliphatic imine (C=N–C) groups is 1. The molecule has 2 unspecified atom stereocenters. The largest absolute Gasteiger partial charge is 0.481 e. The number of nitrogens with one attached hydrogen (secondary N) is 1. The lowest BCUT2D eigenvalue weighted by molar-refractivity contribution is -0.141. The molecule has 1 heterocycles. The van der Waals surface area contributed by atoms with Crippen LogP contribution in [0.4, 0.5) is 5.69 Å². The van der Waals surface area contributed by atoms with Gasteiger partial charge in [0.25, 0.3) is 5.91 Å². The smallest absolute Gasteiger partial charge is 0.304 e. The molecular weight excluding hydrogens is 606 g/mol. The van der Waals surface area contributed by atoms with Crippen molar-refractivity contribution in [2.75, 3.05) is 11.4 Å². The molecule has 1 amide bonds. The average Bonchev–Trinajstić information content (AvgIpc) is 3.16. The second kappa shape index (κ2) is 14.0. The van der Waals surface area contributed by atoms with Crippen LogP contribution in [-0.2, 0) is 29.2 Å². The Hall–Kier alpha value is -5.00. The Labute approximate surface area is 266 Å². The molecule has 10 nitrogen and oxygen atoms in total. The molecule has 11 heteroatoms. The summed E-state index contributed by atoms with van der Waals surface area (Å²) < 4.78 is 30.4. The molecule has 0 bridgehead atoms. The van der Waals surface area contributed by atoms with Crippen LogP contribution in [-0.4, -0.2) is 55.9 Å². The van der Waals surface area contributed by atoms with Gasteiger partial charge in [-0.1, -0.05) is 98.3 Å². The van der Waals surface area contributed by atoms with Crippen molar-refractivity contribution in [3.8, 4) is 0 Å². The van der Waals surface area contributed by atoms with E-state index in [2.05, 4.69) is 9.71 Å². The zero-order valence-corrected chi connectivity index (χ0v) is 25.9. The van der Waals surface area contributed by atoms with Crippen molar-refractivity contribution in [3.05, 3.63) is 108 Å². The topological polar surface area (TPSA) is 150 Å². The number of amides is 1. The molecule has 0 aliphatic carbocycles. The van der Waals surface area contributed by atoms with Gasteiger partial charge in [-0.25, -0.2) is 8.42 Å². The molecule has 0 fully saturated rings. The van der Waals surface area contributed by atoms with E-state index >= 15 is 0 Å². The normalized spacial score (nSPS) is 16.2. The Morgan fingerprint density at radius 2 is 1.63 bits per heavy atom. The molecule has 1 aliphatic rings. The van der Waals surface area contributed by atoms with Gasteiger partial charge in [-0.05, 0) is 23.9 Å². The number of carboxylic acids is 1. The monoisotopic (exact) mass is 639 g/mol. The summed E-state index contributed by atoms with van der Waals surface area (Å²) in [7, 11) is -4.34. The van der Waals surface area contributed by atoms with Gasteiger partial charge in [0.15, 0.2) is 11.9 Å². The fourth-order valence-corrected chi connectivity index (χ4v) is 7.13. The van der Waals surface area contributed by atoms with E-state index in [0.29, 0.717) is 46.0 Å². The third-order valence-electron chi connectivity index (χ3n) is 7.99. The fourth-order valence-electron chi connectivity index (χ4n) is 5.82. The Kier molecular flexibility index (Phi) is 9.84. The number of carboxylic acid groups (broad SMARTS) is 1. The molecule has 0 saturated carbocycles. The number of ketones is 1. The number of hydrogen-bond acceptors (Lipinski definition) is 7. The van der Waals surface area contributed by atoms with Crippen LogP contribution < -0.4 is 9.62 Å². The van der Waals surface area contributed by atoms with E-state index in [4.69, 9.17) is 0 Å². The lowest BCUT2D eigenvalue weighted by atomic mass is 9.83. The van der Waals surface area contributed by atoms with Crippen molar-refractivity contribution in [3.63, 3.8) is 0 Å². The first-order valence-electron chi connectivity index (χ1n) is 14.9. The number of benzodiazepines with no additional fused rings is 1. The van der Waals surface area contributed by atoms with Crippen molar-refractivity contribution in [2.24, 2.45) is 16.8 Å². The number of carbonyl (C=O) groups is 4. The zero-order chi connectivity index (χ0) is 32.8. The molecule has 46 heavy (non-hydrogen) atoms. The maximum atomic E-state index is 14.4. The van der Waals surface area contributed by atoms with Gasteiger partial charge in [0.05, 0.1) is 29.3 Å². The Balaban J connectivity index is 1.61. The van der Waals surface area contributed by atoms with E-state index in [-0.39, 0.29) is 11.3 Å². The van der Waals surface area contributed by atoms with Crippen LogP contribution in [0.3, 0.4) is 0 Å². The highest BCUT2D eigenvalue weighted by Crippen LogP contribution is 2.31. The number of sulfonamides is 1. The van der Waals surface area contributed by atoms with Gasteiger partial charge in [0, 0.05) is 28.3 Å². The van der Waals surface area contributed by atoms with Gasteiger partial charge in [0.2, 0.25) is 10.0 Å². The summed E-state index contributed by atoms with van der Waals surface area (Å²) in [5, 5.41) is 10.5. The molecule has 0 saturated heterocycles. The van der Waals surface area contributed by atoms with E-state index in [9.17, 15) is 32.7 Å². The Morgan fingerprint density at radius 3 is 2.35 bits per heavy atom. The zero-order valence-electron chi connectivity index (χ0n) is 25.1. The van der Waals surface area contributed by atoms with Gasteiger partial charge in [-0.15, -0.1) is 0 Å². The molecule has 3 atom stereocenters. The third kappa shape index (κ3) is 6.80. The van der Waals surface area contributed by atoms with Crippen molar-refractivity contribution < 1.29 is 32.7 Å². The fraction of sp³-hybridized carbons (Fsp3) is 0.229. The van der Waals surface area contributed by atoms with Crippen molar-refractivity contribution >= 4 is 56.1 Å². The Morgan fingerprint density at radius 1 is 0.957 bits per heavy atom. The highest BCUT2D eigenvalue weighted by atomic mass is 32.2. The number of para-hydroxylation sites is 1. The van der Waals surface area contributed by atoms with Gasteiger partial charge < -0.3 is 14.8 Å². The first-order valence-corrected chi connectivity index (χ1v) is 16.4. The van der Waals surface area contributed by atoms with E-state index in [1.54, 1.807) is 84.9 Å². The highest BCUT2D eigenvalue weighted by Gasteiger charge is 2.38.